The lowest BCUT2D eigenvalue weighted by molar-refractivity contribution is 0.0924. The van der Waals surface area contributed by atoms with Crippen LogP contribution >= 0.6 is 23.2 Å². The van der Waals surface area contributed by atoms with Crippen molar-refractivity contribution in [2.75, 3.05) is 6.54 Å². The Balaban J connectivity index is 0.000000252. The molecule has 0 aliphatic heterocycles. The molecule has 2 atom stereocenters. The number of benzene rings is 2. The van der Waals surface area contributed by atoms with Crippen molar-refractivity contribution in [1.29, 1.82) is 0 Å². The standard InChI is InChI=1S/C19H22ClN7O2.C18H20ClN7O2.CH4/c1-10-16(9-28)26-17(24-10)15(8-23-19(21)22)27-18(29)14-7-6-13(25-14)11-2-4-12(20)5-3-11;1-9-14(8-27)24-15(22-9)16(26-18(20)21)25-17(28)13-7-6-12(23-13)10-2-4-11(19)5-3-10;/h2-7,15,25,28H,8-9H2,1H3,(H,24,26)(H,27,29)(H4,21,22,23);2-7,16,23,27H,8H2,1H3,(H,22,24)(H,25,28)(H4,20,21,26);1H4. The van der Waals surface area contributed by atoms with E-state index in [0.717, 1.165) is 22.5 Å². The van der Waals surface area contributed by atoms with Crippen LogP contribution in [0.1, 0.15) is 75.0 Å². The number of amides is 2. The molecule has 0 radical (unpaired) electrons. The van der Waals surface area contributed by atoms with Crippen molar-refractivity contribution in [1.82, 2.24) is 40.5 Å². The Labute approximate surface area is 343 Å². The third-order valence-electron chi connectivity index (χ3n) is 8.38. The molecular weight excluding hydrogens is 787 g/mol. The molecule has 16 N–H and O–H groups in total. The Hall–Kier alpha value is -6.60. The minimum atomic E-state index is -0.932. The van der Waals surface area contributed by atoms with Crippen LogP contribution in [0, 0.1) is 13.8 Å². The van der Waals surface area contributed by atoms with Crippen LogP contribution in [0.5, 0.6) is 0 Å². The second kappa shape index (κ2) is 20.0. The van der Waals surface area contributed by atoms with E-state index in [0.29, 0.717) is 55.9 Å². The summed E-state index contributed by atoms with van der Waals surface area (Å²) in [6.07, 6.45) is -0.932. The number of aromatic nitrogens is 6. The number of imidazole rings is 2. The van der Waals surface area contributed by atoms with Crippen molar-refractivity contribution in [3.63, 3.8) is 0 Å². The molecule has 0 spiro atoms. The van der Waals surface area contributed by atoms with E-state index in [-0.39, 0.29) is 45.0 Å². The van der Waals surface area contributed by atoms with E-state index in [1.807, 2.05) is 30.3 Å². The number of aliphatic hydroxyl groups excluding tert-OH is 2. The largest absolute Gasteiger partial charge is 0.390 e. The fraction of sp³-hybridized carbons (Fsp3) is 0.211. The number of nitrogens with two attached hydrogens (primary N) is 4. The lowest BCUT2D eigenvalue weighted by Gasteiger charge is -2.14. The lowest BCUT2D eigenvalue weighted by Crippen LogP contribution is -2.33. The molecule has 2 unspecified atom stereocenters. The zero-order valence-corrected chi connectivity index (χ0v) is 32.3. The molecule has 0 bridgehead atoms. The molecule has 0 saturated heterocycles. The second-order valence-electron chi connectivity index (χ2n) is 12.5. The first-order valence-corrected chi connectivity index (χ1v) is 18.0. The number of aliphatic hydroxyl groups is 2. The average molecular weight is 834 g/mol. The third-order valence-corrected chi connectivity index (χ3v) is 8.88. The van der Waals surface area contributed by atoms with E-state index in [1.54, 1.807) is 56.3 Å². The normalized spacial score (nSPS) is 11.6. The second-order valence-corrected chi connectivity index (χ2v) is 13.4. The van der Waals surface area contributed by atoms with Crippen molar-refractivity contribution in [2.45, 2.75) is 46.7 Å². The maximum absolute atomic E-state index is 12.8. The quantitative estimate of drug-likeness (QED) is 0.0590. The number of halogens is 2. The zero-order chi connectivity index (χ0) is 41.2. The van der Waals surface area contributed by atoms with Gasteiger partial charge in [0.25, 0.3) is 11.8 Å². The van der Waals surface area contributed by atoms with Gasteiger partial charge in [-0.15, -0.1) is 0 Å². The molecule has 0 aliphatic carbocycles. The van der Waals surface area contributed by atoms with Crippen LogP contribution in [-0.2, 0) is 13.2 Å². The fourth-order valence-electron chi connectivity index (χ4n) is 5.44. The van der Waals surface area contributed by atoms with Gasteiger partial charge in [-0.1, -0.05) is 54.9 Å². The van der Waals surface area contributed by atoms with Gasteiger partial charge in [0.05, 0.1) is 31.1 Å². The SMILES string of the molecule is C.Cc1[nH]c(C(CN=C(N)N)NC(=O)c2ccc(-c3ccc(Cl)cc3)[nH]2)nc1CO.Cc1[nH]c(C(N=C(N)N)NC(=O)c2ccc(-c3ccc(Cl)cc3)[nH]2)nc1CO. The molecule has 0 aliphatic rings. The van der Waals surface area contributed by atoms with Crippen LogP contribution in [0.4, 0.5) is 0 Å². The van der Waals surface area contributed by atoms with Crippen molar-refractivity contribution in [3.05, 3.63) is 129 Å². The number of H-pyrrole nitrogens is 4. The van der Waals surface area contributed by atoms with Gasteiger partial charge < -0.3 is 63.7 Å². The minimum Gasteiger partial charge on any atom is -0.390 e. The highest BCUT2D eigenvalue weighted by Crippen LogP contribution is 2.23. The fourth-order valence-corrected chi connectivity index (χ4v) is 5.69. The summed E-state index contributed by atoms with van der Waals surface area (Å²) in [6, 6.07) is 20.8. The summed E-state index contributed by atoms with van der Waals surface area (Å²) in [7, 11) is 0. The van der Waals surface area contributed by atoms with Gasteiger partial charge >= 0.3 is 0 Å². The van der Waals surface area contributed by atoms with Crippen molar-refractivity contribution >= 4 is 46.9 Å². The number of rotatable bonds is 13. The van der Waals surface area contributed by atoms with E-state index in [9.17, 15) is 19.8 Å². The number of nitrogens with zero attached hydrogens (tertiary/aromatic N) is 4. The zero-order valence-electron chi connectivity index (χ0n) is 30.8. The number of carbonyl (C=O) groups is 2. The molecule has 18 nitrogen and oxygen atoms in total. The molecule has 0 fully saturated rings. The summed E-state index contributed by atoms with van der Waals surface area (Å²) in [5, 5.41) is 25.5. The van der Waals surface area contributed by atoms with Gasteiger partial charge in [-0.25, -0.2) is 15.0 Å². The molecule has 306 valence electrons. The summed E-state index contributed by atoms with van der Waals surface area (Å²) in [4.78, 5) is 54.1. The topological polar surface area (TPSA) is 316 Å². The van der Waals surface area contributed by atoms with Crippen LogP contribution < -0.4 is 33.6 Å². The van der Waals surface area contributed by atoms with Crippen molar-refractivity contribution in [2.24, 2.45) is 32.9 Å². The Morgan fingerprint density at radius 3 is 1.55 bits per heavy atom. The number of nitrogens with one attached hydrogen (secondary N) is 6. The predicted molar refractivity (Wildman–Crippen MR) is 225 cm³/mol. The van der Waals surface area contributed by atoms with Crippen LogP contribution in [-0.4, -0.2) is 70.4 Å². The summed E-state index contributed by atoms with van der Waals surface area (Å²) < 4.78 is 0. The molecule has 6 rings (SSSR count). The average Bonchev–Trinajstić information content (AvgIpc) is 4.00. The summed E-state index contributed by atoms with van der Waals surface area (Å²) in [5.74, 6) is -0.310. The highest BCUT2D eigenvalue weighted by atomic mass is 35.5. The predicted octanol–water partition coefficient (Wildman–Crippen LogP) is 3.80. The molecule has 4 aromatic heterocycles. The van der Waals surface area contributed by atoms with Gasteiger partial charge in [-0.3, -0.25) is 14.6 Å². The molecule has 6 aromatic rings. The lowest BCUT2D eigenvalue weighted by atomic mass is 10.2. The molecule has 58 heavy (non-hydrogen) atoms. The molecule has 0 saturated carbocycles. The van der Waals surface area contributed by atoms with Crippen LogP contribution in [0.3, 0.4) is 0 Å². The van der Waals surface area contributed by atoms with E-state index in [2.05, 4.69) is 50.5 Å². The number of aryl methyl sites for hydroxylation is 2. The molecule has 2 aromatic carbocycles. The maximum Gasteiger partial charge on any atom is 0.269 e. The first-order valence-electron chi connectivity index (χ1n) is 17.2. The van der Waals surface area contributed by atoms with E-state index in [1.165, 1.54) is 0 Å². The monoisotopic (exact) mass is 832 g/mol. The minimum absolute atomic E-state index is 0. The van der Waals surface area contributed by atoms with Crippen LogP contribution in [0.2, 0.25) is 10.0 Å². The highest BCUT2D eigenvalue weighted by Gasteiger charge is 2.22. The van der Waals surface area contributed by atoms with E-state index < -0.39 is 18.1 Å². The summed E-state index contributed by atoms with van der Waals surface area (Å²) in [6.45, 7) is 3.17. The number of aromatic amines is 4. The Bertz CT molecular complexity index is 2350. The van der Waals surface area contributed by atoms with Gasteiger partial charge in [0.1, 0.15) is 23.3 Å². The summed E-state index contributed by atoms with van der Waals surface area (Å²) >= 11 is 11.8. The molecular formula is C38H46Cl2N14O4. The van der Waals surface area contributed by atoms with Gasteiger partial charge in [0.2, 0.25) is 0 Å². The van der Waals surface area contributed by atoms with Gasteiger partial charge in [-0.05, 0) is 73.5 Å². The van der Waals surface area contributed by atoms with E-state index in [4.69, 9.17) is 46.1 Å². The third kappa shape index (κ3) is 11.5. The van der Waals surface area contributed by atoms with Gasteiger partial charge in [0, 0.05) is 32.8 Å². The Morgan fingerprint density at radius 1 is 0.672 bits per heavy atom. The number of guanidine groups is 2. The van der Waals surface area contributed by atoms with Crippen LogP contribution in [0.15, 0.2) is 82.8 Å². The van der Waals surface area contributed by atoms with Crippen molar-refractivity contribution in [3.8, 4) is 22.5 Å². The first kappa shape index (κ1) is 44.1. The smallest absolute Gasteiger partial charge is 0.269 e. The number of hydrogen-bond donors (Lipinski definition) is 12. The molecule has 2 amide bonds. The number of aliphatic imine (C=N–C) groups is 2. The Morgan fingerprint density at radius 2 is 1.12 bits per heavy atom. The summed E-state index contributed by atoms with van der Waals surface area (Å²) in [5.41, 5.74) is 28.2. The van der Waals surface area contributed by atoms with Crippen molar-refractivity contribution < 1.29 is 19.8 Å². The Kier molecular flexibility index (Phi) is 15.2. The molecule has 20 heteroatoms. The van der Waals surface area contributed by atoms with E-state index >= 15 is 0 Å². The maximum atomic E-state index is 12.8. The van der Waals surface area contributed by atoms with Gasteiger partial charge in [-0.2, -0.15) is 0 Å². The van der Waals surface area contributed by atoms with Crippen LogP contribution in [0.25, 0.3) is 22.5 Å². The molecule has 4 heterocycles. The number of hydrogen-bond acceptors (Lipinski definition) is 8. The van der Waals surface area contributed by atoms with Gasteiger partial charge in [0.15, 0.2) is 23.9 Å². The first-order chi connectivity index (χ1) is 27.2. The number of carbonyl (C=O) groups excluding carboxylic acids is 2. The highest BCUT2D eigenvalue weighted by molar-refractivity contribution is 6.30.